The van der Waals surface area contributed by atoms with Gasteiger partial charge in [0.2, 0.25) is 0 Å². The highest BCUT2D eigenvalue weighted by Gasteiger charge is 2.05. The van der Waals surface area contributed by atoms with E-state index in [2.05, 4.69) is 15.2 Å². The molecule has 0 atom stereocenters. The molecule has 0 radical (unpaired) electrons. The van der Waals surface area contributed by atoms with Crippen LogP contribution in [0.15, 0.2) is 30.6 Å². The van der Waals surface area contributed by atoms with Gasteiger partial charge in [-0.2, -0.15) is 5.10 Å². The first kappa shape index (κ1) is 7.94. The van der Waals surface area contributed by atoms with Gasteiger partial charge in [-0.05, 0) is 12.1 Å². The zero-order valence-electron chi connectivity index (χ0n) is 7.07. The molecule has 2 aromatic heterocycles. The molecule has 0 bridgehead atoms. The summed E-state index contributed by atoms with van der Waals surface area (Å²) in [6.07, 6.45) is 3.47. The predicted octanol–water partition coefficient (Wildman–Crippen LogP) is 0.930. The van der Waals surface area contributed by atoms with Crippen LogP contribution in [-0.2, 0) is 6.54 Å². The van der Waals surface area contributed by atoms with Gasteiger partial charge in [-0.1, -0.05) is 6.07 Å². The topological polar surface area (TPSA) is 67.6 Å². The summed E-state index contributed by atoms with van der Waals surface area (Å²) < 4.78 is 0. The minimum atomic E-state index is 0.475. The number of nitrogens with two attached hydrogens (primary N) is 1. The lowest BCUT2D eigenvalue weighted by molar-refractivity contribution is 1.07. The van der Waals surface area contributed by atoms with Gasteiger partial charge in [0, 0.05) is 18.3 Å². The lowest BCUT2D eigenvalue weighted by Crippen LogP contribution is -1.97. The zero-order valence-corrected chi connectivity index (χ0v) is 7.07. The SMILES string of the molecule is NCc1cn[nH]c1-c1ccccn1. The van der Waals surface area contributed by atoms with E-state index in [1.165, 1.54) is 0 Å². The Bertz CT molecular complexity index is 380. The second-order valence-electron chi connectivity index (χ2n) is 2.69. The fourth-order valence-electron chi connectivity index (χ4n) is 1.20. The van der Waals surface area contributed by atoms with E-state index in [1.54, 1.807) is 12.4 Å². The number of aromatic nitrogens is 3. The maximum atomic E-state index is 5.54. The van der Waals surface area contributed by atoms with E-state index in [0.29, 0.717) is 6.54 Å². The molecule has 0 spiro atoms. The molecular weight excluding hydrogens is 164 g/mol. The molecule has 2 aromatic rings. The maximum absolute atomic E-state index is 5.54. The minimum absolute atomic E-state index is 0.475. The molecule has 2 heterocycles. The largest absolute Gasteiger partial charge is 0.326 e. The van der Waals surface area contributed by atoms with Crippen molar-refractivity contribution in [3.63, 3.8) is 0 Å². The monoisotopic (exact) mass is 174 g/mol. The van der Waals surface area contributed by atoms with Crippen molar-refractivity contribution < 1.29 is 0 Å². The fraction of sp³-hybridized carbons (Fsp3) is 0.111. The standard InChI is InChI=1S/C9H10N4/c10-5-7-6-12-13-9(7)8-3-1-2-4-11-8/h1-4,6H,5,10H2,(H,12,13). The predicted molar refractivity (Wildman–Crippen MR) is 49.7 cm³/mol. The van der Waals surface area contributed by atoms with Crippen LogP contribution in [0.25, 0.3) is 11.4 Å². The van der Waals surface area contributed by atoms with Crippen molar-refractivity contribution in [2.75, 3.05) is 0 Å². The summed E-state index contributed by atoms with van der Waals surface area (Å²) in [7, 11) is 0. The number of hydrogen-bond acceptors (Lipinski definition) is 3. The molecule has 0 aliphatic carbocycles. The van der Waals surface area contributed by atoms with E-state index in [1.807, 2.05) is 18.2 Å². The summed E-state index contributed by atoms with van der Waals surface area (Å²) in [6.45, 7) is 0.475. The van der Waals surface area contributed by atoms with Crippen molar-refractivity contribution in [3.8, 4) is 11.4 Å². The molecule has 0 aliphatic rings. The van der Waals surface area contributed by atoms with Gasteiger partial charge in [0.15, 0.2) is 0 Å². The van der Waals surface area contributed by atoms with Crippen LogP contribution in [0.1, 0.15) is 5.56 Å². The third kappa shape index (κ3) is 1.43. The Morgan fingerprint density at radius 1 is 1.38 bits per heavy atom. The summed E-state index contributed by atoms with van der Waals surface area (Å²) in [6, 6.07) is 5.73. The molecule has 4 heteroatoms. The normalized spacial score (nSPS) is 10.2. The fourth-order valence-corrected chi connectivity index (χ4v) is 1.20. The first-order valence-corrected chi connectivity index (χ1v) is 4.05. The average Bonchev–Trinajstić information content (AvgIpc) is 2.67. The minimum Gasteiger partial charge on any atom is -0.326 e. The molecular formula is C9H10N4. The van der Waals surface area contributed by atoms with E-state index in [4.69, 9.17) is 5.73 Å². The van der Waals surface area contributed by atoms with Crippen LogP contribution in [0.2, 0.25) is 0 Å². The number of nitrogens with one attached hydrogen (secondary N) is 1. The second-order valence-corrected chi connectivity index (χ2v) is 2.69. The van der Waals surface area contributed by atoms with Crippen LogP contribution in [0.4, 0.5) is 0 Å². The van der Waals surface area contributed by atoms with Crippen LogP contribution >= 0.6 is 0 Å². The quantitative estimate of drug-likeness (QED) is 0.711. The van der Waals surface area contributed by atoms with Crippen molar-refractivity contribution in [2.24, 2.45) is 5.73 Å². The van der Waals surface area contributed by atoms with Gasteiger partial charge >= 0.3 is 0 Å². The van der Waals surface area contributed by atoms with Crippen LogP contribution in [0.3, 0.4) is 0 Å². The molecule has 3 N–H and O–H groups in total. The van der Waals surface area contributed by atoms with Gasteiger partial charge in [0.05, 0.1) is 17.6 Å². The molecule has 0 amide bonds. The van der Waals surface area contributed by atoms with Gasteiger partial charge in [0.1, 0.15) is 0 Å². The van der Waals surface area contributed by atoms with Gasteiger partial charge in [0.25, 0.3) is 0 Å². The number of rotatable bonds is 2. The Kier molecular flexibility index (Phi) is 2.06. The van der Waals surface area contributed by atoms with Crippen LogP contribution in [-0.4, -0.2) is 15.2 Å². The Morgan fingerprint density at radius 3 is 3.00 bits per heavy atom. The number of hydrogen-bond donors (Lipinski definition) is 2. The molecule has 0 unspecified atom stereocenters. The molecule has 2 rings (SSSR count). The molecule has 0 saturated carbocycles. The molecule has 0 aliphatic heterocycles. The highest BCUT2D eigenvalue weighted by atomic mass is 15.1. The van der Waals surface area contributed by atoms with Gasteiger partial charge in [-0.15, -0.1) is 0 Å². The van der Waals surface area contributed by atoms with Crippen LogP contribution in [0, 0.1) is 0 Å². The van der Waals surface area contributed by atoms with E-state index in [9.17, 15) is 0 Å². The number of H-pyrrole nitrogens is 1. The van der Waals surface area contributed by atoms with Crippen molar-refractivity contribution in [2.45, 2.75) is 6.54 Å². The highest BCUT2D eigenvalue weighted by Crippen LogP contribution is 2.16. The summed E-state index contributed by atoms with van der Waals surface area (Å²) in [5, 5.41) is 6.80. The first-order valence-electron chi connectivity index (χ1n) is 4.05. The van der Waals surface area contributed by atoms with Gasteiger partial charge in [-0.25, -0.2) is 0 Å². The second kappa shape index (κ2) is 3.37. The highest BCUT2D eigenvalue weighted by molar-refractivity contribution is 5.57. The average molecular weight is 174 g/mol. The summed E-state index contributed by atoms with van der Waals surface area (Å²) >= 11 is 0. The first-order chi connectivity index (χ1) is 6.42. The lowest BCUT2D eigenvalue weighted by Gasteiger charge is -1.98. The number of pyridine rings is 1. The summed E-state index contributed by atoms with van der Waals surface area (Å²) in [5.74, 6) is 0. The molecule has 4 nitrogen and oxygen atoms in total. The lowest BCUT2D eigenvalue weighted by atomic mass is 10.2. The smallest absolute Gasteiger partial charge is 0.0883 e. The Morgan fingerprint density at radius 2 is 2.31 bits per heavy atom. The maximum Gasteiger partial charge on any atom is 0.0883 e. The van der Waals surface area contributed by atoms with E-state index in [0.717, 1.165) is 17.0 Å². The number of nitrogens with zero attached hydrogens (tertiary/aromatic N) is 2. The molecule has 0 aromatic carbocycles. The molecule has 0 fully saturated rings. The third-order valence-electron chi connectivity index (χ3n) is 1.86. The summed E-state index contributed by atoms with van der Waals surface area (Å²) in [5.41, 5.74) is 8.31. The number of aromatic amines is 1. The van der Waals surface area contributed by atoms with Crippen molar-refractivity contribution >= 4 is 0 Å². The third-order valence-corrected chi connectivity index (χ3v) is 1.86. The van der Waals surface area contributed by atoms with E-state index >= 15 is 0 Å². The Labute approximate surface area is 75.8 Å². The summed E-state index contributed by atoms with van der Waals surface area (Å²) in [4.78, 5) is 4.20. The van der Waals surface area contributed by atoms with Crippen molar-refractivity contribution in [1.29, 1.82) is 0 Å². The van der Waals surface area contributed by atoms with Crippen LogP contribution in [0.5, 0.6) is 0 Å². The molecule has 66 valence electrons. The van der Waals surface area contributed by atoms with Gasteiger partial charge in [-0.3, -0.25) is 10.1 Å². The van der Waals surface area contributed by atoms with E-state index in [-0.39, 0.29) is 0 Å². The van der Waals surface area contributed by atoms with Crippen molar-refractivity contribution in [1.82, 2.24) is 15.2 Å². The molecule has 0 saturated heterocycles. The Hall–Kier alpha value is -1.68. The molecule has 13 heavy (non-hydrogen) atoms. The van der Waals surface area contributed by atoms with E-state index < -0.39 is 0 Å². The Balaban J connectivity index is 2.47. The zero-order chi connectivity index (χ0) is 9.10. The van der Waals surface area contributed by atoms with Crippen LogP contribution < -0.4 is 5.73 Å². The van der Waals surface area contributed by atoms with Crippen molar-refractivity contribution in [3.05, 3.63) is 36.2 Å². The van der Waals surface area contributed by atoms with Gasteiger partial charge < -0.3 is 5.73 Å².